The van der Waals surface area contributed by atoms with E-state index in [1.807, 2.05) is 24.3 Å². The summed E-state index contributed by atoms with van der Waals surface area (Å²) in [5.74, 6) is -0.0169. The maximum atomic E-state index is 11.8. The van der Waals surface area contributed by atoms with E-state index in [0.717, 1.165) is 11.1 Å². The van der Waals surface area contributed by atoms with Gasteiger partial charge in [0, 0.05) is 11.1 Å². The van der Waals surface area contributed by atoms with E-state index < -0.39 is 0 Å². The molecule has 0 bridgehead atoms. The van der Waals surface area contributed by atoms with Gasteiger partial charge in [-0.15, -0.1) is 0 Å². The molecule has 0 aliphatic rings. The highest BCUT2D eigenvalue weighted by atomic mass is 79.9. The number of halogens is 3. The summed E-state index contributed by atoms with van der Waals surface area (Å²) in [6, 6.07) is 14.6. The SMILES string of the molecule is O=C(Br)c1ccc(-c2ccc(C(=O)C(Br)Br)cc2)cc1. The topological polar surface area (TPSA) is 34.1 Å². The maximum Gasteiger partial charge on any atom is 0.228 e. The van der Waals surface area contributed by atoms with E-state index >= 15 is 0 Å². The predicted octanol–water partition coefficient (Wildman–Crippen LogP) is 5.19. The molecule has 0 spiro atoms. The van der Waals surface area contributed by atoms with Crippen LogP contribution in [0.5, 0.6) is 0 Å². The Morgan fingerprint density at radius 3 is 1.50 bits per heavy atom. The lowest BCUT2D eigenvalue weighted by Gasteiger charge is -2.05. The van der Waals surface area contributed by atoms with Crippen LogP contribution in [0.15, 0.2) is 48.5 Å². The summed E-state index contributed by atoms with van der Waals surface area (Å²) in [6.07, 6.45) is 0. The van der Waals surface area contributed by atoms with Crippen LogP contribution in [-0.4, -0.2) is 14.2 Å². The van der Waals surface area contributed by atoms with Crippen LogP contribution in [0.25, 0.3) is 11.1 Å². The molecule has 0 aromatic heterocycles. The number of carbonyl (C=O) groups is 2. The zero-order valence-corrected chi connectivity index (χ0v) is 14.9. The Labute approximate surface area is 142 Å². The first kappa shape index (κ1) is 15.6. The molecule has 0 amide bonds. The first-order valence-corrected chi connectivity index (χ1v) is 8.34. The highest BCUT2D eigenvalue weighted by Gasteiger charge is 2.13. The van der Waals surface area contributed by atoms with Crippen LogP contribution in [0, 0.1) is 0 Å². The van der Waals surface area contributed by atoms with Crippen molar-refractivity contribution < 1.29 is 9.59 Å². The van der Waals surface area contributed by atoms with Gasteiger partial charge in [0.2, 0.25) is 4.69 Å². The molecule has 2 aromatic rings. The number of Topliss-reactive ketones (excluding diaryl/α,β-unsaturated/α-hetero) is 1. The van der Waals surface area contributed by atoms with E-state index in [4.69, 9.17) is 0 Å². The van der Waals surface area contributed by atoms with Gasteiger partial charge >= 0.3 is 0 Å². The smallest absolute Gasteiger partial charge is 0.228 e. The van der Waals surface area contributed by atoms with E-state index in [2.05, 4.69) is 47.8 Å². The molecule has 2 rings (SSSR count). The Balaban J connectivity index is 2.26. The van der Waals surface area contributed by atoms with Gasteiger partial charge in [0.05, 0.1) is 0 Å². The van der Waals surface area contributed by atoms with Crippen LogP contribution in [0.1, 0.15) is 20.7 Å². The Kier molecular flexibility index (Phi) is 5.29. The minimum absolute atomic E-state index is 0.0169. The van der Waals surface area contributed by atoms with Crippen LogP contribution in [-0.2, 0) is 0 Å². The lowest BCUT2D eigenvalue weighted by atomic mass is 10.0. The highest BCUT2D eigenvalue weighted by Crippen LogP contribution is 2.23. The van der Waals surface area contributed by atoms with Crippen molar-refractivity contribution in [1.29, 1.82) is 0 Å². The first-order chi connectivity index (χ1) is 9.49. The first-order valence-electron chi connectivity index (χ1n) is 5.72. The fraction of sp³-hybridized carbons (Fsp3) is 0.0667. The molecule has 0 saturated heterocycles. The van der Waals surface area contributed by atoms with Gasteiger partial charge in [0.25, 0.3) is 0 Å². The summed E-state index contributed by atoms with van der Waals surface area (Å²) in [5, 5.41) is 0. The molecule has 20 heavy (non-hydrogen) atoms. The highest BCUT2D eigenvalue weighted by molar-refractivity contribution is 9.25. The van der Waals surface area contributed by atoms with E-state index in [1.165, 1.54) is 0 Å². The Morgan fingerprint density at radius 1 is 0.750 bits per heavy atom. The summed E-state index contributed by atoms with van der Waals surface area (Å²) in [6.45, 7) is 0. The van der Waals surface area contributed by atoms with Crippen molar-refractivity contribution in [1.82, 2.24) is 0 Å². The third-order valence-corrected chi connectivity index (χ3v) is 4.10. The van der Waals surface area contributed by atoms with E-state index in [9.17, 15) is 9.59 Å². The van der Waals surface area contributed by atoms with Crippen molar-refractivity contribution in [3.05, 3.63) is 59.7 Å². The van der Waals surface area contributed by atoms with E-state index in [-0.39, 0.29) is 14.2 Å². The van der Waals surface area contributed by atoms with E-state index in [0.29, 0.717) is 11.1 Å². The summed E-state index contributed by atoms with van der Waals surface area (Å²) in [4.78, 5) is 22.9. The number of rotatable bonds is 4. The number of benzene rings is 2. The normalized spacial score (nSPS) is 10.6. The van der Waals surface area contributed by atoms with E-state index in [1.54, 1.807) is 24.3 Å². The van der Waals surface area contributed by atoms with Crippen LogP contribution >= 0.6 is 47.8 Å². The molecule has 0 aliphatic heterocycles. The van der Waals surface area contributed by atoms with Gasteiger partial charge < -0.3 is 0 Å². The second-order valence-corrected chi connectivity index (χ2v) is 7.87. The standard InChI is InChI=1S/C15H9Br3O2/c16-14(17)13(19)11-5-1-9(2-6-11)10-3-7-12(8-4-10)15(18)20/h1-8,14H. The largest absolute Gasteiger partial charge is 0.292 e. The third-order valence-electron chi connectivity index (χ3n) is 2.81. The number of hydrogen-bond donors (Lipinski definition) is 0. The summed E-state index contributed by atoms with van der Waals surface area (Å²) in [7, 11) is 0. The summed E-state index contributed by atoms with van der Waals surface area (Å²) in [5.41, 5.74) is 3.24. The van der Waals surface area contributed by atoms with Gasteiger partial charge in [-0.1, -0.05) is 68.3 Å². The minimum Gasteiger partial charge on any atom is -0.292 e. The average molecular weight is 461 g/mol. The van der Waals surface area contributed by atoms with Crippen LogP contribution < -0.4 is 0 Å². The molecule has 0 N–H and O–H groups in total. The fourth-order valence-electron chi connectivity index (χ4n) is 1.75. The van der Waals surface area contributed by atoms with Gasteiger partial charge in [-0.3, -0.25) is 9.59 Å². The molecular weight excluding hydrogens is 452 g/mol. The molecule has 0 fully saturated rings. The van der Waals surface area contributed by atoms with Gasteiger partial charge in [-0.05, 0) is 39.2 Å². The Morgan fingerprint density at radius 2 is 1.15 bits per heavy atom. The Bertz CT molecular complexity index is 631. The van der Waals surface area contributed by atoms with Gasteiger partial charge in [-0.25, -0.2) is 0 Å². The quantitative estimate of drug-likeness (QED) is 0.357. The third kappa shape index (κ3) is 3.65. The summed E-state index contributed by atoms with van der Waals surface area (Å²) >= 11 is 9.30. The van der Waals surface area contributed by atoms with Crippen molar-refractivity contribution in [3.63, 3.8) is 0 Å². The van der Waals surface area contributed by atoms with Crippen LogP contribution in [0.3, 0.4) is 0 Å². The van der Waals surface area contributed by atoms with Crippen LogP contribution in [0.4, 0.5) is 0 Å². The zero-order chi connectivity index (χ0) is 14.7. The average Bonchev–Trinajstić information content (AvgIpc) is 2.46. The molecule has 0 aliphatic carbocycles. The molecule has 0 radical (unpaired) electrons. The minimum atomic E-state index is -0.370. The van der Waals surface area contributed by atoms with Gasteiger partial charge in [0.1, 0.15) is 3.74 Å². The second-order valence-electron chi connectivity index (χ2n) is 4.09. The number of carbonyl (C=O) groups excluding carboxylic acids is 2. The number of ketones is 1. The zero-order valence-electron chi connectivity index (χ0n) is 10.1. The van der Waals surface area contributed by atoms with Gasteiger partial charge in [-0.2, -0.15) is 0 Å². The van der Waals surface area contributed by atoms with Crippen molar-refractivity contribution in [3.8, 4) is 11.1 Å². The molecule has 0 atom stereocenters. The molecule has 0 unspecified atom stereocenters. The number of alkyl halides is 2. The monoisotopic (exact) mass is 458 g/mol. The lowest BCUT2D eigenvalue weighted by molar-refractivity contribution is 0.101. The van der Waals surface area contributed by atoms with Crippen molar-refractivity contribution in [2.24, 2.45) is 0 Å². The molecule has 102 valence electrons. The maximum absolute atomic E-state index is 11.8. The predicted molar refractivity (Wildman–Crippen MR) is 91.1 cm³/mol. The number of hydrogen-bond acceptors (Lipinski definition) is 2. The van der Waals surface area contributed by atoms with Crippen molar-refractivity contribution in [2.75, 3.05) is 0 Å². The van der Waals surface area contributed by atoms with Crippen molar-refractivity contribution >= 4 is 58.3 Å². The van der Waals surface area contributed by atoms with Crippen LogP contribution in [0.2, 0.25) is 0 Å². The molecule has 5 heteroatoms. The molecule has 2 aromatic carbocycles. The second kappa shape index (κ2) is 6.78. The Hall–Kier alpha value is -0.780. The molecular formula is C15H9Br3O2. The molecule has 0 heterocycles. The van der Waals surface area contributed by atoms with Crippen molar-refractivity contribution in [2.45, 2.75) is 3.74 Å². The molecule has 2 nitrogen and oxygen atoms in total. The molecule has 0 saturated carbocycles. The summed E-state index contributed by atoms with van der Waals surface area (Å²) < 4.78 is -0.504. The lowest BCUT2D eigenvalue weighted by Crippen LogP contribution is -2.06. The van der Waals surface area contributed by atoms with Gasteiger partial charge in [0.15, 0.2) is 5.78 Å². The fourth-order valence-corrected chi connectivity index (χ4v) is 2.54.